The number of esters is 1. The van der Waals surface area contributed by atoms with Crippen molar-refractivity contribution < 1.29 is 9.53 Å². The minimum atomic E-state index is -0.0676. The van der Waals surface area contributed by atoms with Gasteiger partial charge in [-0.05, 0) is 72.4 Å². The minimum absolute atomic E-state index is 0.0676. The summed E-state index contributed by atoms with van der Waals surface area (Å²) in [5, 5.41) is 0. The van der Waals surface area contributed by atoms with Gasteiger partial charge in [0.1, 0.15) is 4.60 Å². The van der Waals surface area contributed by atoms with Gasteiger partial charge < -0.3 is 4.74 Å². The molecule has 0 N–H and O–H groups in total. The molecule has 2 rings (SSSR count). The summed E-state index contributed by atoms with van der Waals surface area (Å²) in [4.78, 5) is 18.3. The number of nitrogens with zero attached hydrogens (tertiary/aromatic N) is 2. The topological polar surface area (TPSA) is 42.4 Å². The average Bonchev–Trinajstić information content (AvgIpc) is 2.48. The van der Waals surface area contributed by atoms with Gasteiger partial charge in [0.05, 0.1) is 13.0 Å². The van der Waals surface area contributed by atoms with E-state index in [1.54, 1.807) is 0 Å². The van der Waals surface area contributed by atoms with Gasteiger partial charge in [-0.25, -0.2) is 4.98 Å². The lowest BCUT2D eigenvalue weighted by Crippen LogP contribution is -2.36. The van der Waals surface area contributed by atoms with Crippen LogP contribution in [0, 0.1) is 19.8 Å². The Morgan fingerprint density at radius 3 is 2.65 bits per heavy atom. The van der Waals surface area contributed by atoms with Crippen LogP contribution in [0.25, 0.3) is 0 Å². The van der Waals surface area contributed by atoms with Gasteiger partial charge >= 0.3 is 5.97 Å². The van der Waals surface area contributed by atoms with E-state index in [1.165, 1.54) is 23.8 Å². The summed E-state index contributed by atoms with van der Waals surface area (Å²) >= 11 is 3.46. The Balaban J connectivity index is 1.96. The van der Waals surface area contributed by atoms with E-state index in [0.717, 1.165) is 37.1 Å². The van der Waals surface area contributed by atoms with Gasteiger partial charge in [0.2, 0.25) is 0 Å². The van der Waals surface area contributed by atoms with Crippen molar-refractivity contribution in [2.75, 3.05) is 20.2 Å². The molecule has 0 atom stereocenters. The molecular weight excluding hydrogens is 320 g/mol. The van der Waals surface area contributed by atoms with Crippen LogP contribution in [0.3, 0.4) is 0 Å². The van der Waals surface area contributed by atoms with Crippen molar-refractivity contribution in [1.29, 1.82) is 0 Å². The quantitative estimate of drug-likeness (QED) is 0.626. The van der Waals surface area contributed by atoms with E-state index in [4.69, 9.17) is 4.74 Å². The molecule has 4 nitrogen and oxygen atoms in total. The number of pyridine rings is 1. The van der Waals surface area contributed by atoms with E-state index in [1.807, 2.05) is 6.20 Å². The number of ether oxygens (including phenoxy) is 1. The predicted octanol–water partition coefficient (Wildman–Crippen LogP) is 2.85. The van der Waals surface area contributed by atoms with Crippen LogP contribution < -0.4 is 0 Å². The van der Waals surface area contributed by atoms with Crippen LogP contribution in [0.4, 0.5) is 0 Å². The Morgan fingerprint density at radius 2 is 2.05 bits per heavy atom. The first kappa shape index (κ1) is 15.4. The molecule has 110 valence electrons. The summed E-state index contributed by atoms with van der Waals surface area (Å²) in [5.41, 5.74) is 3.76. The van der Waals surface area contributed by atoms with Crippen LogP contribution in [0.5, 0.6) is 0 Å². The normalized spacial score (nSPS) is 17.2. The van der Waals surface area contributed by atoms with Crippen LogP contribution in [-0.2, 0) is 16.1 Å². The van der Waals surface area contributed by atoms with Gasteiger partial charge in [0.25, 0.3) is 0 Å². The van der Waals surface area contributed by atoms with Crippen molar-refractivity contribution >= 4 is 21.9 Å². The van der Waals surface area contributed by atoms with E-state index in [2.05, 4.69) is 39.7 Å². The van der Waals surface area contributed by atoms with Gasteiger partial charge in [-0.3, -0.25) is 9.69 Å². The highest BCUT2D eigenvalue weighted by atomic mass is 79.9. The third-order valence-electron chi connectivity index (χ3n) is 4.20. The zero-order valence-electron chi connectivity index (χ0n) is 12.3. The molecule has 5 heteroatoms. The molecule has 0 bridgehead atoms. The summed E-state index contributed by atoms with van der Waals surface area (Å²) in [6, 6.07) is 0. The number of carbonyl (C=O) groups is 1. The molecule has 0 aromatic carbocycles. The first-order valence-corrected chi connectivity index (χ1v) is 7.73. The molecule has 1 aliphatic heterocycles. The fourth-order valence-corrected chi connectivity index (χ4v) is 3.02. The lowest BCUT2D eigenvalue weighted by atomic mass is 9.96. The van der Waals surface area contributed by atoms with E-state index >= 15 is 0 Å². The molecule has 1 aromatic rings. The largest absolute Gasteiger partial charge is 0.469 e. The van der Waals surface area contributed by atoms with E-state index in [0.29, 0.717) is 0 Å². The molecule has 0 aliphatic carbocycles. The standard InChI is InChI=1S/C15H21BrN2O2/c1-10-11(2)14(16)17-8-13(10)9-18-6-4-12(5-7-18)15(19)20-3/h8,12H,4-7,9H2,1-3H3. The molecule has 0 unspecified atom stereocenters. The molecular formula is C15H21BrN2O2. The number of aromatic nitrogens is 1. The fourth-order valence-electron chi connectivity index (χ4n) is 2.62. The zero-order valence-corrected chi connectivity index (χ0v) is 13.9. The van der Waals surface area contributed by atoms with Gasteiger partial charge in [-0.1, -0.05) is 0 Å². The number of hydrogen-bond donors (Lipinski definition) is 0. The highest BCUT2D eigenvalue weighted by Crippen LogP contribution is 2.24. The third-order valence-corrected chi connectivity index (χ3v) is 5.00. The van der Waals surface area contributed by atoms with E-state index < -0.39 is 0 Å². The first-order valence-electron chi connectivity index (χ1n) is 6.93. The second-order valence-corrected chi connectivity index (χ2v) is 6.15. The molecule has 0 radical (unpaired) electrons. The number of methoxy groups -OCH3 is 1. The second-order valence-electron chi connectivity index (χ2n) is 5.40. The van der Waals surface area contributed by atoms with Crippen molar-refractivity contribution in [3.63, 3.8) is 0 Å². The van der Waals surface area contributed by atoms with Crippen molar-refractivity contribution in [1.82, 2.24) is 9.88 Å². The molecule has 2 heterocycles. The highest BCUT2D eigenvalue weighted by Gasteiger charge is 2.25. The number of carbonyl (C=O) groups excluding carboxylic acids is 1. The smallest absolute Gasteiger partial charge is 0.308 e. The van der Waals surface area contributed by atoms with Crippen molar-refractivity contribution in [2.45, 2.75) is 33.2 Å². The minimum Gasteiger partial charge on any atom is -0.469 e. The summed E-state index contributed by atoms with van der Waals surface area (Å²) in [7, 11) is 1.47. The lowest BCUT2D eigenvalue weighted by molar-refractivity contribution is -0.147. The first-order chi connectivity index (χ1) is 9.52. The van der Waals surface area contributed by atoms with Crippen LogP contribution >= 0.6 is 15.9 Å². The number of halogens is 1. The number of hydrogen-bond acceptors (Lipinski definition) is 4. The predicted molar refractivity (Wildman–Crippen MR) is 81.4 cm³/mol. The maximum absolute atomic E-state index is 11.5. The van der Waals surface area contributed by atoms with Crippen LogP contribution in [0.15, 0.2) is 10.8 Å². The Hall–Kier alpha value is -0.940. The molecule has 0 spiro atoms. The molecule has 1 fully saturated rings. The van der Waals surface area contributed by atoms with Crippen molar-refractivity contribution in [3.8, 4) is 0 Å². The van der Waals surface area contributed by atoms with E-state index in [-0.39, 0.29) is 11.9 Å². The summed E-state index contributed by atoms with van der Waals surface area (Å²) in [5.74, 6) is 0.00380. The summed E-state index contributed by atoms with van der Waals surface area (Å²) in [6.45, 7) is 7.00. The molecule has 1 aromatic heterocycles. The lowest BCUT2D eigenvalue weighted by Gasteiger charge is -2.31. The molecule has 20 heavy (non-hydrogen) atoms. The van der Waals surface area contributed by atoms with Crippen LogP contribution in [0.1, 0.15) is 29.5 Å². The number of piperidine rings is 1. The second kappa shape index (κ2) is 6.68. The van der Waals surface area contributed by atoms with Gasteiger partial charge in [-0.15, -0.1) is 0 Å². The molecule has 0 saturated carbocycles. The third kappa shape index (κ3) is 3.38. The Labute approximate surface area is 128 Å². The van der Waals surface area contributed by atoms with Crippen LogP contribution in [-0.4, -0.2) is 36.1 Å². The average molecular weight is 341 g/mol. The van der Waals surface area contributed by atoms with Gasteiger partial charge in [0.15, 0.2) is 0 Å². The molecule has 1 saturated heterocycles. The van der Waals surface area contributed by atoms with Gasteiger partial charge in [-0.2, -0.15) is 0 Å². The maximum atomic E-state index is 11.5. The Kier molecular flexibility index (Phi) is 5.16. The highest BCUT2D eigenvalue weighted by molar-refractivity contribution is 9.10. The van der Waals surface area contributed by atoms with Crippen molar-refractivity contribution in [2.24, 2.45) is 5.92 Å². The fraction of sp³-hybridized carbons (Fsp3) is 0.600. The Bertz CT molecular complexity index is 497. The van der Waals surface area contributed by atoms with Gasteiger partial charge in [0, 0.05) is 12.7 Å². The molecule has 0 amide bonds. The zero-order chi connectivity index (χ0) is 14.7. The monoisotopic (exact) mass is 340 g/mol. The van der Waals surface area contributed by atoms with Crippen LogP contribution in [0.2, 0.25) is 0 Å². The summed E-state index contributed by atoms with van der Waals surface area (Å²) in [6.07, 6.45) is 3.71. The number of rotatable bonds is 3. The maximum Gasteiger partial charge on any atom is 0.308 e. The summed E-state index contributed by atoms with van der Waals surface area (Å²) < 4.78 is 5.74. The van der Waals surface area contributed by atoms with Crippen molar-refractivity contribution in [3.05, 3.63) is 27.5 Å². The van der Waals surface area contributed by atoms with E-state index in [9.17, 15) is 4.79 Å². The number of likely N-dealkylation sites (tertiary alicyclic amines) is 1. The molecule has 1 aliphatic rings. The SMILES string of the molecule is COC(=O)C1CCN(Cc2cnc(Br)c(C)c2C)CC1. The Morgan fingerprint density at radius 1 is 1.40 bits per heavy atom.